The Balaban J connectivity index is 1.67. The molecule has 0 spiro atoms. The van der Waals surface area contributed by atoms with E-state index in [9.17, 15) is 9.59 Å². The summed E-state index contributed by atoms with van der Waals surface area (Å²) in [6.45, 7) is 5.39. The molecule has 2 aromatic carbocycles. The van der Waals surface area contributed by atoms with Crippen molar-refractivity contribution in [1.82, 2.24) is 4.98 Å². The van der Waals surface area contributed by atoms with E-state index in [1.165, 1.54) is 11.3 Å². The molecule has 0 atom stereocenters. The Labute approximate surface area is 162 Å². The zero-order chi connectivity index (χ0) is 19.4. The third-order valence-corrected chi connectivity index (χ3v) is 4.91. The third-order valence-electron chi connectivity index (χ3n) is 3.96. The average Bonchev–Trinajstić information content (AvgIpc) is 3.05. The molecule has 0 aliphatic rings. The van der Waals surface area contributed by atoms with Gasteiger partial charge in [-0.3, -0.25) is 4.79 Å². The smallest absolute Gasteiger partial charge is 0.351 e. The van der Waals surface area contributed by atoms with E-state index in [0.717, 1.165) is 21.7 Å². The standard InChI is InChI=1S/C21H20N2O3S/c1-13-9-10-17(14(2)11-13)23-18(24)12-26-21(25)20-19(22-15(3)27-20)16-7-5-4-6-8-16/h4-11H,12H2,1-3H3,(H,23,24). The number of nitrogens with zero attached hydrogens (tertiary/aromatic N) is 1. The second kappa shape index (κ2) is 8.14. The number of thiazole rings is 1. The van der Waals surface area contributed by atoms with Crippen LogP contribution in [0, 0.1) is 20.8 Å². The highest BCUT2D eigenvalue weighted by Gasteiger charge is 2.20. The molecule has 27 heavy (non-hydrogen) atoms. The number of carbonyl (C=O) groups excluding carboxylic acids is 2. The topological polar surface area (TPSA) is 68.3 Å². The number of ether oxygens (including phenoxy) is 1. The summed E-state index contributed by atoms with van der Waals surface area (Å²) in [5.41, 5.74) is 4.21. The van der Waals surface area contributed by atoms with Gasteiger partial charge in [-0.2, -0.15) is 0 Å². The van der Waals surface area contributed by atoms with Crippen LogP contribution in [0.15, 0.2) is 48.5 Å². The SMILES string of the molecule is Cc1ccc(NC(=O)COC(=O)c2sc(C)nc2-c2ccccc2)c(C)c1. The van der Waals surface area contributed by atoms with Crippen molar-refractivity contribution >= 4 is 28.9 Å². The number of hydrogen-bond donors (Lipinski definition) is 1. The minimum absolute atomic E-state index is 0.350. The van der Waals surface area contributed by atoms with Gasteiger partial charge in [-0.05, 0) is 32.4 Å². The molecule has 0 radical (unpaired) electrons. The molecule has 1 heterocycles. The minimum atomic E-state index is -0.546. The number of anilines is 1. The zero-order valence-corrected chi connectivity index (χ0v) is 16.2. The second-order valence-electron chi connectivity index (χ2n) is 6.22. The number of esters is 1. The normalized spacial score (nSPS) is 10.5. The Kier molecular flexibility index (Phi) is 5.66. The van der Waals surface area contributed by atoms with Crippen LogP contribution in [0.4, 0.5) is 5.69 Å². The monoisotopic (exact) mass is 380 g/mol. The lowest BCUT2D eigenvalue weighted by Crippen LogP contribution is -2.21. The van der Waals surface area contributed by atoms with Crippen LogP contribution in [0.5, 0.6) is 0 Å². The van der Waals surface area contributed by atoms with Gasteiger partial charge in [0.2, 0.25) is 0 Å². The molecule has 0 aliphatic heterocycles. The number of carbonyl (C=O) groups is 2. The van der Waals surface area contributed by atoms with Crippen molar-refractivity contribution in [3.8, 4) is 11.3 Å². The molecule has 138 valence electrons. The highest BCUT2D eigenvalue weighted by molar-refractivity contribution is 7.14. The van der Waals surface area contributed by atoms with Gasteiger partial charge in [0.15, 0.2) is 6.61 Å². The van der Waals surface area contributed by atoms with Crippen LogP contribution in [0.2, 0.25) is 0 Å². The lowest BCUT2D eigenvalue weighted by molar-refractivity contribution is -0.119. The van der Waals surface area contributed by atoms with Gasteiger partial charge in [0.05, 0.1) is 10.7 Å². The van der Waals surface area contributed by atoms with Crippen LogP contribution >= 0.6 is 11.3 Å². The molecule has 1 N–H and O–H groups in total. The average molecular weight is 380 g/mol. The Morgan fingerprint density at radius 3 is 2.52 bits per heavy atom. The predicted molar refractivity (Wildman–Crippen MR) is 107 cm³/mol. The number of aryl methyl sites for hydroxylation is 3. The predicted octanol–water partition coefficient (Wildman–Crippen LogP) is 4.53. The Bertz CT molecular complexity index is 980. The summed E-state index contributed by atoms with van der Waals surface area (Å²) in [5, 5.41) is 3.53. The van der Waals surface area contributed by atoms with Crippen molar-refractivity contribution in [3.05, 3.63) is 69.5 Å². The Morgan fingerprint density at radius 2 is 1.81 bits per heavy atom. The van der Waals surface area contributed by atoms with Gasteiger partial charge in [-0.1, -0.05) is 48.0 Å². The van der Waals surface area contributed by atoms with Crippen molar-refractivity contribution in [2.24, 2.45) is 0 Å². The third kappa shape index (κ3) is 4.60. The van der Waals surface area contributed by atoms with E-state index < -0.39 is 5.97 Å². The molecule has 0 aliphatic carbocycles. The van der Waals surface area contributed by atoms with Crippen molar-refractivity contribution in [2.75, 3.05) is 11.9 Å². The maximum atomic E-state index is 12.5. The summed E-state index contributed by atoms with van der Waals surface area (Å²) >= 11 is 1.26. The number of hydrogen-bond acceptors (Lipinski definition) is 5. The number of benzene rings is 2. The van der Waals surface area contributed by atoms with Crippen molar-refractivity contribution < 1.29 is 14.3 Å². The first-order chi connectivity index (χ1) is 12.9. The van der Waals surface area contributed by atoms with Gasteiger partial charge in [0, 0.05) is 11.3 Å². The molecule has 6 heteroatoms. The molecule has 1 aromatic heterocycles. The fraction of sp³-hybridized carbons (Fsp3) is 0.190. The number of aromatic nitrogens is 1. The van der Waals surface area contributed by atoms with Crippen LogP contribution in [0.3, 0.4) is 0 Å². The van der Waals surface area contributed by atoms with Crippen LogP contribution < -0.4 is 5.32 Å². The Morgan fingerprint density at radius 1 is 1.07 bits per heavy atom. The molecule has 0 saturated heterocycles. The van der Waals surface area contributed by atoms with Crippen LogP contribution in [-0.2, 0) is 9.53 Å². The first-order valence-corrected chi connectivity index (χ1v) is 9.33. The van der Waals surface area contributed by atoms with Crippen LogP contribution in [0.25, 0.3) is 11.3 Å². The molecule has 0 unspecified atom stereocenters. The van der Waals surface area contributed by atoms with Gasteiger partial charge in [0.1, 0.15) is 4.88 Å². The minimum Gasteiger partial charge on any atom is -0.451 e. The second-order valence-corrected chi connectivity index (χ2v) is 7.42. The first-order valence-electron chi connectivity index (χ1n) is 8.51. The maximum absolute atomic E-state index is 12.5. The largest absolute Gasteiger partial charge is 0.451 e. The Hall–Kier alpha value is -2.99. The van der Waals surface area contributed by atoms with Gasteiger partial charge in [-0.25, -0.2) is 9.78 Å². The molecule has 0 saturated carbocycles. The van der Waals surface area contributed by atoms with Gasteiger partial charge in [-0.15, -0.1) is 11.3 Å². The summed E-state index contributed by atoms with van der Waals surface area (Å²) in [6, 6.07) is 15.2. The molecule has 1 amide bonds. The lowest BCUT2D eigenvalue weighted by Gasteiger charge is -2.09. The highest BCUT2D eigenvalue weighted by Crippen LogP contribution is 2.28. The van der Waals surface area contributed by atoms with Crippen molar-refractivity contribution in [1.29, 1.82) is 0 Å². The van der Waals surface area contributed by atoms with Crippen LogP contribution in [0.1, 0.15) is 25.8 Å². The van der Waals surface area contributed by atoms with E-state index in [0.29, 0.717) is 16.3 Å². The van der Waals surface area contributed by atoms with Gasteiger partial charge >= 0.3 is 5.97 Å². The van der Waals surface area contributed by atoms with E-state index in [1.54, 1.807) is 0 Å². The maximum Gasteiger partial charge on any atom is 0.351 e. The summed E-state index contributed by atoms with van der Waals surface area (Å²) < 4.78 is 5.22. The van der Waals surface area contributed by atoms with E-state index in [2.05, 4.69) is 10.3 Å². The quantitative estimate of drug-likeness (QED) is 0.660. The number of amides is 1. The van der Waals surface area contributed by atoms with Crippen LogP contribution in [-0.4, -0.2) is 23.5 Å². The molecule has 5 nitrogen and oxygen atoms in total. The fourth-order valence-corrected chi connectivity index (χ4v) is 3.53. The molecular weight excluding hydrogens is 360 g/mol. The lowest BCUT2D eigenvalue weighted by atomic mass is 10.1. The number of rotatable bonds is 5. The summed E-state index contributed by atoms with van der Waals surface area (Å²) in [6.07, 6.45) is 0. The fourth-order valence-electron chi connectivity index (χ4n) is 2.69. The van der Waals surface area contributed by atoms with E-state index >= 15 is 0 Å². The molecular formula is C21H20N2O3S. The molecule has 0 bridgehead atoms. The molecule has 3 rings (SSSR count). The summed E-state index contributed by atoms with van der Waals surface area (Å²) in [5.74, 6) is -0.923. The van der Waals surface area contributed by atoms with Crippen molar-refractivity contribution in [2.45, 2.75) is 20.8 Å². The molecule has 3 aromatic rings. The van der Waals surface area contributed by atoms with E-state index in [4.69, 9.17) is 4.74 Å². The van der Waals surface area contributed by atoms with Gasteiger partial charge < -0.3 is 10.1 Å². The first kappa shape index (κ1) is 18.8. The summed E-state index contributed by atoms with van der Waals surface area (Å²) in [4.78, 5) is 29.5. The van der Waals surface area contributed by atoms with E-state index in [-0.39, 0.29) is 12.5 Å². The zero-order valence-electron chi connectivity index (χ0n) is 15.4. The molecule has 0 fully saturated rings. The van der Waals surface area contributed by atoms with Crippen molar-refractivity contribution in [3.63, 3.8) is 0 Å². The van der Waals surface area contributed by atoms with E-state index in [1.807, 2.05) is 69.3 Å². The number of nitrogens with one attached hydrogen (secondary N) is 1. The van der Waals surface area contributed by atoms with Gasteiger partial charge in [0.25, 0.3) is 5.91 Å². The highest BCUT2D eigenvalue weighted by atomic mass is 32.1. The summed E-state index contributed by atoms with van der Waals surface area (Å²) in [7, 11) is 0.